The number of carbonyl (C=O) groups excluding carboxylic acids is 1. The van der Waals surface area contributed by atoms with E-state index in [1.54, 1.807) is 0 Å². The number of amides is 1. The number of likely N-dealkylation sites (tertiary alicyclic amines) is 1. The monoisotopic (exact) mass is 267 g/mol. The molecule has 0 spiro atoms. The average molecular weight is 267 g/mol. The Labute approximate surface area is 117 Å². The average Bonchev–Trinajstić information content (AvgIpc) is 2.95. The van der Waals surface area contributed by atoms with Gasteiger partial charge in [0.05, 0.1) is 5.54 Å². The number of nitrogens with one attached hydrogen (secondary N) is 1. The molecule has 0 aromatic rings. The first kappa shape index (κ1) is 14.8. The lowest BCUT2D eigenvalue weighted by Gasteiger charge is -2.23. The van der Waals surface area contributed by atoms with Gasteiger partial charge >= 0.3 is 0 Å². The van der Waals surface area contributed by atoms with Crippen molar-refractivity contribution < 1.29 is 4.79 Å². The fourth-order valence-corrected chi connectivity index (χ4v) is 3.41. The fraction of sp³-hybridized carbons (Fsp3) is 0.933. The van der Waals surface area contributed by atoms with Crippen molar-refractivity contribution in [3.8, 4) is 0 Å². The van der Waals surface area contributed by atoms with Crippen LogP contribution in [0.3, 0.4) is 0 Å². The van der Waals surface area contributed by atoms with Crippen LogP contribution in [0.25, 0.3) is 0 Å². The van der Waals surface area contributed by atoms with E-state index < -0.39 is 5.54 Å². The van der Waals surface area contributed by atoms with Gasteiger partial charge in [0.2, 0.25) is 5.91 Å². The standard InChI is InChI=1S/C15H29N3O/c1-12(2)10-18-8-5-13(11-18)9-17-14(19)15(16)6-3-4-7-15/h12-13H,3-11,16H2,1-2H3,(H,17,19). The summed E-state index contributed by atoms with van der Waals surface area (Å²) in [6.07, 6.45) is 5.08. The smallest absolute Gasteiger partial charge is 0.240 e. The summed E-state index contributed by atoms with van der Waals surface area (Å²) in [7, 11) is 0. The SMILES string of the molecule is CC(C)CN1CCC(CNC(=O)C2(N)CCCC2)C1. The number of hydrogen-bond acceptors (Lipinski definition) is 3. The molecule has 110 valence electrons. The van der Waals surface area contributed by atoms with Crippen LogP contribution in [-0.2, 0) is 4.79 Å². The summed E-state index contributed by atoms with van der Waals surface area (Å²) in [5.74, 6) is 1.40. The topological polar surface area (TPSA) is 58.4 Å². The first-order valence-corrected chi connectivity index (χ1v) is 7.79. The Balaban J connectivity index is 1.70. The van der Waals surface area contributed by atoms with E-state index in [1.807, 2.05) is 0 Å². The highest BCUT2D eigenvalue weighted by atomic mass is 16.2. The van der Waals surface area contributed by atoms with Crippen LogP contribution in [0.15, 0.2) is 0 Å². The first-order chi connectivity index (χ1) is 8.99. The van der Waals surface area contributed by atoms with Gasteiger partial charge in [-0.2, -0.15) is 0 Å². The molecule has 3 N–H and O–H groups in total. The van der Waals surface area contributed by atoms with E-state index in [2.05, 4.69) is 24.1 Å². The predicted octanol–water partition coefficient (Wildman–Crippen LogP) is 1.35. The van der Waals surface area contributed by atoms with E-state index in [-0.39, 0.29) is 5.91 Å². The second-order valence-corrected chi connectivity index (χ2v) is 6.88. The van der Waals surface area contributed by atoms with E-state index in [9.17, 15) is 4.79 Å². The maximum absolute atomic E-state index is 12.1. The molecule has 1 atom stereocenters. The summed E-state index contributed by atoms with van der Waals surface area (Å²) in [5.41, 5.74) is 5.58. The molecule has 1 saturated carbocycles. The molecular weight excluding hydrogens is 238 g/mol. The van der Waals surface area contributed by atoms with Gasteiger partial charge in [-0.1, -0.05) is 26.7 Å². The Morgan fingerprint density at radius 1 is 1.42 bits per heavy atom. The minimum absolute atomic E-state index is 0.0762. The van der Waals surface area contributed by atoms with Gasteiger partial charge in [0.25, 0.3) is 0 Å². The molecule has 0 radical (unpaired) electrons. The molecule has 4 heteroatoms. The van der Waals surface area contributed by atoms with Crippen molar-refractivity contribution in [2.45, 2.75) is 51.5 Å². The van der Waals surface area contributed by atoms with Crippen molar-refractivity contribution in [1.29, 1.82) is 0 Å². The largest absolute Gasteiger partial charge is 0.354 e. The van der Waals surface area contributed by atoms with Crippen LogP contribution in [0, 0.1) is 11.8 Å². The van der Waals surface area contributed by atoms with E-state index in [0.717, 1.165) is 44.7 Å². The zero-order chi connectivity index (χ0) is 13.9. The van der Waals surface area contributed by atoms with Gasteiger partial charge in [0.1, 0.15) is 0 Å². The molecule has 0 aromatic carbocycles. The lowest BCUT2D eigenvalue weighted by molar-refractivity contribution is -0.126. The Bertz CT molecular complexity index is 311. The van der Waals surface area contributed by atoms with Gasteiger partial charge in [-0.05, 0) is 37.6 Å². The highest BCUT2D eigenvalue weighted by Crippen LogP contribution is 2.27. The van der Waals surface area contributed by atoms with Crippen molar-refractivity contribution in [2.24, 2.45) is 17.6 Å². The van der Waals surface area contributed by atoms with E-state index in [0.29, 0.717) is 5.92 Å². The van der Waals surface area contributed by atoms with E-state index >= 15 is 0 Å². The lowest BCUT2D eigenvalue weighted by Crippen LogP contribution is -2.52. The van der Waals surface area contributed by atoms with Crippen molar-refractivity contribution in [3.63, 3.8) is 0 Å². The summed E-state index contributed by atoms with van der Waals surface area (Å²) in [6.45, 7) is 8.78. The van der Waals surface area contributed by atoms with E-state index in [4.69, 9.17) is 5.73 Å². The third kappa shape index (κ3) is 3.93. The van der Waals surface area contributed by atoms with Crippen LogP contribution in [0.1, 0.15) is 46.0 Å². The fourth-order valence-electron chi connectivity index (χ4n) is 3.41. The minimum Gasteiger partial charge on any atom is -0.354 e. The van der Waals surface area contributed by atoms with Crippen molar-refractivity contribution >= 4 is 5.91 Å². The van der Waals surface area contributed by atoms with Crippen molar-refractivity contribution in [1.82, 2.24) is 10.2 Å². The van der Waals surface area contributed by atoms with Crippen molar-refractivity contribution in [2.75, 3.05) is 26.2 Å². The second kappa shape index (κ2) is 6.23. The molecule has 1 amide bonds. The van der Waals surface area contributed by atoms with Gasteiger partial charge in [-0.25, -0.2) is 0 Å². The van der Waals surface area contributed by atoms with Crippen LogP contribution in [0.2, 0.25) is 0 Å². The molecule has 1 heterocycles. The third-order valence-electron chi connectivity index (χ3n) is 4.49. The number of nitrogens with two attached hydrogens (primary N) is 1. The molecule has 1 saturated heterocycles. The molecule has 4 nitrogen and oxygen atoms in total. The maximum atomic E-state index is 12.1. The molecule has 0 bridgehead atoms. The molecular formula is C15H29N3O. The number of rotatable bonds is 5. The number of hydrogen-bond donors (Lipinski definition) is 2. The zero-order valence-electron chi connectivity index (χ0n) is 12.5. The molecule has 19 heavy (non-hydrogen) atoms. The number of nitrogens with zero attached hydrogens (tertiary/aromatic N) is 1. The van der Waals surface area contributed by atoms with Gasteiger partial charge in [0, 0.05) is 19.6 Å². The second-order valence-electron chi connectivity index (χ2n) is 6.88. The summed E-state index contributed by atoms with van der Waals surface area (Å²) >= 11 is 0. The zero-order valence-corrected chi connectivity index (χ0v) is 12.5. The Kier molecular flexibility index (Phi) is 4.85. The quantitative estimate of drug-likeness (QED) is 0.790. The molecule has 0 aromatic heterocycles. The van der Waals surface area contributed by atoms with Crippen LogP contribution in [0.5, 0.6) is 0 Å². The molecule has 2 aliphatic rings. The van der Waals surface area contributed by atoms with Gasteiger partial charge < -0.3 is 16.0 Å². The minimum atomic E-state index is -0.573. The summed E-state index contributed by atoms with van der Waals surface area (Å²) in [4.78, 5) is 14.6. The summed E-state index contributed by atoms with van der Waals surface area (Å²) in [5, 5.41) is 3.09. The van der Waals surface area contributed by atoms with Gasteiger partial charge in [0.15, 0.2) is 0 Å². The molecule has 2 fully saturated rings. The maximum Gasteiger partial charge on any atom is 0.240 e. The van der Waals surface area contributed by atoms with Crippen LogP contribution in [0.4, 0.5) is 0 Å². The van der Waals surface area contributed by atoms with Crippen LogP contribution in [-0.4, -0.2) is 42.5 Å². The first-order valence-electron chi connectivity index (χ1n) is 7.79. The Morgan fingerprint density at radius 2 is 2.11 bits per heavy atom. The molecule has 1 unspecified atom stereocenters. The Morgan fingerprint density at radius 3 is 2.74 bits per heavy atom. The lowest BCUT2D eigenvalue weighted by atomic mass is 9.97. The normalized spacial score (nSPS) is 27.1. The van der Waals surface area contributed by atoms with Crippen LogP contribution >= 0.6 is 0 Å². The molecule has 1 aliphatic carbocycles. The van der Waals surface area contributed by atoms with E-state index in [1.165, 1.54) is 19.5 Å². The number of carbonyl (C=O) groups is 1. The highest BCUT2D eigenvalue weighted by molar-refractivity contribution is 5.86. The Hall–Kier alpha value is -0.610. The van der Waals surface area contributed by atoms with Crippen LogP contribution < -0.4 is 11.1 Å². The van der Waals surface area contributed by atoms with Gasteiger partial charge in [-0.15, -0.1) is 0 Å². The summed E-state index contributed by atoms with van der Waals surface area (Å²) in [6, 6.07) is 0. The molecule has 2 rings (SSSR count). The summed E-state index contributed by atoms with van der Waals surface area (Å²) < 4.78 is 0. The van der Waals surface area contributed by atoms with Crippen molar-refractivity contribution in [3.05, 3.63) is 0 Å². The highest BCUT2D eigenvalue weighted by Gasteiger charge is 2.37. The third-order valence-corrected chi connectivity index (χ3v) is 4.49. The predicted molar refractivity (Wildman–Crippen MR) is 77.8 cm³/mol. The van der Waals surface area contributed by atoms with Gasteiger partial charge in [-0.3, -0.25) is 4.79 Å². The molecule has 1 aliphatic heterocycles.